The molecule has 1 atom stereocenters. The molecule has 0 amide bonds. The second-order valence-electron chi connectivity index (χ2n) is 6.12. The molecule has 0 spiro atoms. The molecule has 1 N–H and O–H groups in total. The van der Waals surface area contributed by atoms with Gasteiger partial charge in [-0.15, -0.1) is 0 Å². The van der Waals surface area contributed by atoms with Crippen LogP contribution in [0.3, 0.4) is 0 Å². The van der Waals surface area contributed by atoms with Gasteiger partial charge in [-0.25, -0.2) is 0 Å². The van der Waals surface area contributed by atoms with Crippen LogP contribution < -0.4 is 9.47 Å². The summed E-state index contributed by atoms with van der Waals surface area (Å²) in [5, 5.41) is 11.1. The van der Waals surface area contributed by atoms with Crippen LogP contribution in [-0.2, 0) is 9.47 Å². The van der Waals surface area contributed by atoms with E-state index in [1.807, 2.05) is 30.3 Å². The zero-order valence-corrected chi connectivity index (χ0v) is 16.2. The fourth-order valence-electron chi connectivity index (χ4n) is 2.90. The van der Waals surface area contributed by atoms with Gasteiger partial charge in [-0.3, -0.25) is 4.79 Å². The standard InChI is InChI=1S/C22H22O7/c1-25-13-27-17-10-18(22(24)15-6-4-3-5-7-15)21(20(11-17)28-14-26-2)19-9-8-16(12-23)29-19/h3-12,22,24H,13-14H2,1-2H3. The summed E-state index contributed by atoms with van der Waals surface area (Å²) in [5.74, 6) is 1.35. The molecule has 152 valence electrons. The Bertz CT molecular complexity index is 934. The van der Waals surface area contributed by atoms with Gasteiger partial charge in [0.15, 0.2) is 25.6 Å². The highest BCUT2D eigenvalue weighted by atomic mass is 16.7. The van der Waals surface area contributed by atoms with Gasteiger partial charge in [0.25, 0.3) is 0 Å². The molecule has 0 saturated heterocycles. The van der Waals surface area contributed by atoms with Crippen molar-refractivity contribution < 1.29 is 33.3 Å². The number of rotatable bonds is 10. The van der Waals surface area contributed by atoms with Gasteiger partial charge in [-0.1, -0.05) is 30.3 Å². The lowest BCUT2D eigenvalue weighted by atomic mass is 9.94. The summed E-state index contributed by atoms with van der Waals surface area (Å²) in [7, 11) is 3.02. The number of benzene rings is 2. The molecule has 1 unspecified atom stereocenters. The van der Waals surface area contributed by atoms with Crippen LogP contribution in [0.1, 0.15) is 27.8 Å². The van der Waals surface area contributed by atoms with E-state index < -0.39 is 6.10 Å². The van der Waals surface area contributed by atoms with Gasteiger partial charge in [0, 0.05) is 25.8 Å². The van der Waals surface area contributed by atoms with Crippen molar-refractivity contribution in [3.8, 4) is 22.8 Å². The monoisotopic (exact) mass is 398 g/mol. The third-order valence-electron chi connectivity index (χ3n) is 4.18. The Kier molecular flexibility index (Phi) is 7.02. The van der Waals surface area contributed by atoms with E-state index in [-0.39, 0.29) is 19.3 Å². The molecule has 1 heterocycles. The average Bonchev–Trinajstić information content (AvgIpc) is 3.24. The summed E-state index contributed by atoms with van der Waals surface area (Å²) in [6, 6.07) is 15.7. The predicted octanol–water partition coefficient (Wildman–Crippen LogP) is 3.81. The number of carbonyl (C=O) groups excluding carboxylic acids is 1. The molecule has 2 aromatic carbocycles. The lowest BCUT2D eigenvalue weighted by Gasteiger charge is -2.20. The summed E-state index contributed by atoms with van der Waals surface area (Å²) < 4.78 is 26.9. The lowest BCUT2D eigenvalue weighted by Crippen LogP contribution is -2.08. The molecular weight excluding hydrogens is 376 g/mol. The summed E-state index contributed by atoms with van der Waals surface area (Å²) in [6.07, 6.45) is -0.380. The molecule has 3 aromatic rings. The topological polar surface area (TPSA) is 87.4 Å². The van der Waals surface area contributed by atoms with Gasteiger partial charge in [0.1, 0.15) is 23.4 Å². The first-order chi connectivity index (χ1) is 14.2. The molecule has 0 aliphatic rings. The van der Waals surface area contributed by atoms with Gasteiger partial charge >= 0.3 is 0 Å². The van der Waals surface area contributed by atoms with Crippen molar-refractivity contribution in [1.29, 1.82) is 0 Å². The van der Waals surface area contributed by atoms with Crippen molar-refractivity contribution in [2.45, 2.75) is 6.10 Å². The maximum absolute atomic E-state index is 11.1. The maximum atomic E-state index is 11.1. The van der Waals surface area contributed by atoms with E-state index in [0.29, 0.717) is 40.2 Å². The first-order valence-electron chi connectivity index (χ1n) is 8.87. The van der Waals surface area contributed by atoms with Gasteiger partial charge in [-0.05, 0) is 23.8 Å². The summed E-state index contributed by atoms with van der Waals surface area (Å²) >= 11 is 0. The lowest BCUT2D eigenvalue weighted by molar-refractivity contribution is 0.0459. The number of furan rings is 1. The van der Waals surface area contributed by atoms with E-state index in [4.69, 9.17) is 23.4 Å². The number of aliphatic hydroxyl groups is 1. The summed E-state index contributed by atoms with van der Waals surface area (Å²) in [4.78, 5) is 11.1. The molecule has 0 aliphatic heterocycles. The van der Waals surface area contributed by atoms with Gasteiger partial charge < -0.3 is 28.5 Å². The first-order valence-corrected chi connectivity index (χ1v) is 8.87. The zero-order chi connectivity index (χ0) is 20.6. The van der Waals surface area contributed by atoms with Crippen molar-refractivity contribution in [3.05, 3.63) is 71.5 Å². The van der Waals surface area contributed by atoms with E-state index in [1.54, 1.807) is 24.3 Å². The Morgan fingerprint density at radius 3 is 2.38 bits per heavy atom. The van der Waals surface area contributed by atoms with Crippen molar-refractivity contribution in [1.82, 2.24) is 0 Å². The third kappa shape index (κ3) is 4.83. The Labute approximate surface area is 168 Å². The summed E-state index contributed by atoms with van der Waals surface area (Å²) in [5.41, 5.74) is 1.66. The Morgan fingerprint density at radius 2 is 1.72 bits per heavy atom. The highest BCUT2D eigenvalue weighted by Crippen LogP contribution is 2.42. The molecule has 7 nitrogen and oxygen atoms in total. The van der Waals surface area contributed by atoms with Crippen molar-refractivity contribution in [2.24, 2.45) is 0 Å². The van der Waals surface area contributed by atoms with Crippen LogP contribution in [0.15, 0.2) is 59.0 Å². The molecule has 0 fully saturated rings. The molecule has 7 heteroatoms. The second kappa shape index (κ2) is 9.88. The largest absolute Gasteiger partial charge is 0.467 e. The van der Waals surface area contributed by atoms with Gasteiger partial charge in [0.05, 0.1) is 5.56 Å². The molecule has 29 heavy (non-hydrogen) atoms. The van der Waals surface area contributed by atoms with E-state index in [9.17, 15) is 9.90 Å². The fourth-order valence-corrected chi connectivity index (χ4v) is 2.90. The van der Waals surface area contributed by atoms with Crippen LogP contribution in [0, 0.1) is 0 Å². The fraction of sp³-hybridized carbons (Fsp3) is 0.227. The number of ether oxygens (including phenoxy) is 4. The zero-order valence-electron chi connectivity index (χ0n) is 16.2. The van der Waals surface area contributed by atoms with Crippen LogP contribution >= 0.6 is 0 Å². The van der Waals surface area contributed by atoms with E-state index in [2.05, 4.69) is 0 Å². The van der Waals surface area contributed by atoms with E-state index >= 15 is 0 Å². The first kappa shape index (κ1) is 20.6. The SMILES string of the molecule is COCOc1cc(OCOC)c(-c2ccc(C=O)o2)c(C(O)c2ccccc2)c1. The van der Waals surface area contributed by atoms with Crippen LogP contribution in [0.4, 0.5) is 0 Å². The summed E-state index contributed by atoms with van der Waals surface area (Å²) in [6.45, 7) is 0.00281. The van der Waals surface area contributed by atoms with Crippen LogP contribution in [0.2, 0.25) is 0 Å². The number of carbonyl (C=O) groups is 1. The molecule has 0 bridgehead atoms. The molecular formula is C22H22O7. The van der Waals surface area contributed by atoms with Crippen molar-refractivity contribution >= 4 is 6.29 Å². The Morgan fingerprint density at radius 1 is 1.00 bits per heavy atom. The van der Waals surface area contributed by atoms with Crippen LogP contribution in [0.5, 0.6) is 11.5 Å². The number of methoxy groups -OCH3 is 2. The van der Waals surface area contributed by atoms with Crippen LogP contribution in [0.25, 0.3) is 11.3 Å². The number of aldehydes is 1. The predicted molar refractivity (Wildman–Crippen MR) is 105 cm³/mol. The number of hydrogen-bond acceptors (Lipinski definition) is 7. The molecule has 0 aliphatic carbocycles. The van der Waals surface area contributed by atoms with Gasteiger partial charge in [0.2, 0.25) is 0 Å². The minimum Gasteiger partial charge on any atom is -0.467 e. The maximum Gasteiger partial charge on any atom is 0.188 e. The average molecular weight is 398 g/mol. The molecule has 0 saturated carbocycles. The van der Waals surface area contributed by atoms with E-state index in [1.165, 1.54) is 14.2 Å². The van der Waals surface area contributed by atoms with Gasteiger partial charge in [-0.2, -0.15) is 0 Å². The number of hydrogen-bond donors (Lipinski definition) is 1. The van der Waals surface area contributed by atoms with Crippen molar-refractivity contribution in [2.75, 3.05) is 27.8 Å². The smallest absolute Gasteiger partial charge is 0.188 e. The molecule has 3 rings (SSSR count). The normalized spacial score (nSPS) is 11.8. The quantitative estimate of drug-likeness (QED) is 0.410. The Hall–Kier alpha value is -3.13. The highest BCUT2D eigenvalue weighted by Gasteiger charge is 2.24. The Balaban J connectivity index is 2.18. The molecule has 0 radical (unpaired) electrons. The van der Waals surface area contributed by atoms with E-state index in [0.717, 1.165) is 0 Å². The third-order valence-corrected chi connectivity index (χ3v) is 4.18. The minimum absolute atomic E-state index is 0.0250. The second-order valence-corrected chi connectivity index (χ2v) is 6.12. The van der Waals surface area contributed by atoms with Crippen molar-refractivity contribution in [3.63, 3.8) is 0 Å². The number of aliphatic hydroxyl groups excluding tert-OH is 1. The van der Waals surface area contributed by atoms with Crippen LogP contribution in [-0.4, -0.2) is 39.2 Å². The minimum atomic E-state index is -0.994. The highest BCUT2D eigenvalue weighted by molar-refractivity contribution is 5.77. The molecule has 1 aromatic heterocycles.